The first kappa shape index (κ1) is 9.94. The standard InChI is InChI=1S/C7H14N4O2/c1-4(2)5(12-3)6-9-7(10-8)13-11-6/h4-5H,8H2,1-3H3,(H,9,10,11). The molecule has 6 nitrogen and oxygen atoms in total. The lowest BCUT2D eigenvalue weighted by Crippen LogP contribution is -2.11. The summed E-state index contributed by atoms with van der Waals surface area (Å²) in [5.41, 5.74) is 2.27. The molecule has 1 unspecified atom stereocenters. The first-order valence-corrected chi connectivity index (χ1v) is 4.02. The van der Waals surface area contributed by atoms with Gasteiger partial charge >= 0.3 is 6.01 Å². The molecular weight excluding hydrogens is 172 g/mol. The normalized spacial score (nSPS) is 13.3. The van der Waals surface area contributed by atoms with Gasteiger partial charge in [-0.15, -0.1) is 0 Å². The van der Waals surface area contributed by atoms with Crippen molar-refractivity contribution in [3.05, 3.63) is 5.82 Å². The Kier molecular flexibility index (Phi) is 3.21. The molecular formula is C7H14N4O2. The molecule has 0 bridgehead atoms. The van der Waals surface area contributed by atoms with Crippen LogP contribution in [0.15, 0.2) is 4.52 Å². The number of hydrazine groups is 1. The van der Waals surface area contributed by atoms with Crippen LogP contribution in [0.3, 0.4) is 0 Å². The highest BCUT2D eigenvalue weighted by molar-refractivity contribution is 5.15. The fourth-order valence-electron chi connectivity index (χ4n) is 1.08. The molecule has 0 aromatic carbocycles. The fourth-order valence-corrected chi connectivity index (χ4v) is 1.08. The van der Waals surface area contributed by atoms with Crippen LogP contribution in [-0.2, 0) is 4.74 Å². The van der Waals surface area contributed by atoms with Crippen molar-refractivity contribution in [3.63, 3.8) is 0 Å². The Morgan fingerprint density at radius 3 is 2.62 bits per heavy atom. The molecule has 1 aromatic rings. The maximum Gasteiger partial charge on any atom is 0.335 e. The van der Waals surface area contributed by atoms with E-state index in [4.69, 9.17) is 15.1 Å². The zero-order valence-electron chi connectivity index (χ0n) is 7.94. The quantitative estimate of drug-likeness (QED) is 0.531. The van der Waals surface area contributed by atoms with Crippen LogP contribution in [0.1, 0.15) is 25.8 Å². The molecule has 1 rings (SSSR count). The molecule has 0 saturated carbocycles. The number of methoxy groups -OCH3 is 1. The van der Waals surface area contributed by atoms with E-state index in [2.05, 4.69) is 15.6 Å². The minimum absolute atomic E-state index is 0.161. The molecule has 1 heterocycles. The molecule has 0 spiro atoms. The van der Waals surface area contributed by atoms with E-state index >= 15 is 0 Å². The lowest BCUT2D eigenvalue weighted by molar-refractivity contribution is 0.0556. The summed E-state index contributed by atoms with van der Waals surface area (Å²) in [5, 5.41) is 3.73. The van der Waals surface area contributed by atoms with Crippen LogP contribution < -0.4 is 11.3 Å². The van der Waals surface area contributed by atoms with Gasteiger partial charge in [-0.1, -0.05) is 19.0 Å². The van der Waals surface area contributed by atoms with Gasteiger partial charge in [-0.05, 0) is 5.92 Å². The largest absolute Gasteiger partial charge is 0.373 e. The SMILES string of the molecule is COC(c1noc(NN)n1)C(C)C. The average Bonchev–Trinajstić information content (AvgIpc) is 2.53. The third kappa shape index (κ3) is 2.16. The number of ether oxygens (including phenoxy) is 1. The van der Waals surface area contributed by atoms with Crippen molar-refractivity contribution in [2.24, 2.45) is 11.8 Å². The van der Waals surface area contributed by atoms with Crippen molar-refractivity contribution in [1.82, 2.24) is 10.1 Å². The van der Waals surface area contributed by atoms with E-state index < -0.39 is 0 Å². The first-order valence-electron chi connectivity index (χ1n) is 4.02. The van der Waals surface area contributed by atoms with Gasteiger partial charge in [-0.3, -0.25) is 5.43 Å². The van der Waals surface area contributed by atoms with E-state index in [1.165, 1.54) is 0 Å². The minimum atomic E-state index is -0.161. The van der Waals surface area contributed by atoms with Crippen molar-refractivity contribution >= 4 is 6.01 Å². The Balaban J connectivity index is 2.79. The van der Waals surface area contributed by atoms with E-state index in [0.29, 0.717) is 5.82 Å². The lowest BCUT2D eigenvalue weighted by atomic mass is 10.1. The van der Waals surface area contributed by atoms with E-state index in [1.807, 2.05) is 13.8 Å². The molecule has 0 aliphatic heterocycles. The smallest absolute Gasteiger partial charge is 0.335 e. The summed E-state index contributed by atoms with van der Waals surface area (Å²) in [4.78, 5) is 3.98. The number of nitrogens with zero attached hydrogens (tertiary/aromatic N) is 2. The number of hydrogen-bond acceptors (Lipinski definition) is 6. The second-order valence-corrected chi connectivity index (χ2v) is 3.00. The van der Waals surface area contributed by atoms with Gasteiger partial charge in [0.25, 0.3) is 0 Å². The highest BCUT2D eigenvalue weighted by Gasteiger charge is 2.20. The average molecular weight is 186 g/mol. The number of rotatable bonds is 4. The molecule has 0 radical (unpaired) electrons. The maximum atomic E-state index is 5.20. The number of aromatic nitrogens is 2. The lowest BCUT2D eigenvalue weighted by Gasteiger charge is -2.14. The van der Waals surface area contributed by atoms with Crippen molar-refractivity contribution in [3.8, 4) is 0 Å². The van der Waals surface area contributed by atoms with E-state index in [0.717, 1.165) is 0 Å². The molecule has 6 heteroatoms. The summed E-state index contributed by atoms with van der Waals surface area (Å²) in [6.07, 6.45) is -0.161. The van der Waals surface area contributed by atoms with Crippen molar-refractivity contribution < 1.29 is 9.26 Å². The van der Waals surface area contributed by atoms with Gasteiger partial charge in [-0.25, -0.2) is 5.84 Å². The molecule has 1 atom stereocenters. The third-order valence-corrected chi connectivity index (χ3v) is 1.68. The molecule has 13 heavy (non-hydrogen) atoms. The monoisotopic (exact) mass is 186 g/mol. The van der Waals surface area contributed by atoms with E-state index in [1.54, 1.807) is 7.11 Å². The van der Waals surface area contributed by atoms with Crippen LogP contribution in [0, 0.1) is 5.92 Å². The molecule has 3 N–H and O–H groups in total. The van der Waals surface area contributed by atoms with Gasteiger partial charge in [-0.2, -0.15) is 4.98 Å². The summed E-state index contributed by atoms with van der Waals surface area (Å²) in [5.74, 6) is 5.88. The van der Waals surface area contributed by atoms with Gasteiger partial charge in [0.2, 0.25) is 5.82 Å². The van der Waals surface area contributed by atoms with Crippen LogP contribution >= 0.6 is 0 Å². The second-order valence-electron chi connectivity index (χ2n) is 3.00. The molecule has 0 aliphatic rings. The van der Waals surface area contributed by atoms with Gasteiger partial charge in [0, 0.05) is 7.11 Å². The van der Waals surface area contributed by atoms with Gasteiger partial charge < -0.3 is 9.26 Å². The summed E-state index contributed by atoms with van der Waals surface area (Å²) >= 11 is 0. The zero-order valence-corrected chi connectivity index (χ0v) is 7.94. The Morgan fingerprint density at radius 2 is 2.23 bits per heavy atom. The van der Waals surface area contributed by atoms with Crippen LogP contribution in [0.2, 0.25) is 0 Å². The Morgan fingerprint density at radius 1 is 1.54 bits per heavy atom. The minimum Gasteiger partial charge on any atom is -0.373 e. The number of nitrogens with one attached hydrogen (secondary N) is 1. The van der Waals surface area contributed by atoms with Gasteiger partial charge in [0.15, 0.2) is 0 Å². The number of anilines is 1. The van der Waals surface area contributed by atoms with E-state index in [-0.39, 0.29) is 18.0 Å². The van der Waals surface area contributed by atoms with Crippen molar-refractivity contribution in [2.75, 3.05) is 12.5 Å². The maximum absolute atomic E-state index is 5.20. The summed E-state index contributed by atoms with van der Waals surface area (Å²) in [6.45, 7) is 4.03. The summed E-state index contributed by atoms with van der Waals surface area (Å²) in [7, 11) is 1.61. The molecule has 0 saturated heterocycles. The highest BCUT2D eigenvalue weighted by atomic mass is 16.5. The van der Waals surface area contributed by atoms with Crippen LogP contribution in [-0.4, -0.2) is 17.3 Å². The van der Waals surface area contributed by atoms with Crippen molar-refractivity contribution in [2.45, 2.75) is 20.0 Å². The summed E-state index contributed by atoms with van der Waals surface area (Å²) < 4.78 is 9.97. The van der Waals surface area contributed by atoms with E-state index in [9.17, 15) is 0 Å². The predicted molar refractivity (Wildman–Crippen MR) is 46.7 cm³/mol. The van der Waals surface area contributed by atoms with Crippen LogP contribution in [0.5, 0.6) is 0 Å². The number of nitrogen functional groups attached to an aromatic ring is 1. The molecule has 1 aromatic heterocycles. The number of hydrogen-bond donors (Lipinski definition) is 2. The third-order valence-electron chi connectivity index (χ3n) is 1.68. The van der Waals surface area contributed by atoms with Crippen molar-refractivity contribution in [1.29, 1.82) is 0 Å². The van der Waals surface area contributed by atoms with Gasteiger partial charge in [0.05, 0.1) is 0 Å². The Labute approximate surface area is 76.4 Å². The topological polar surface area (TPSA) is 86.2 Å². The molecule has 0 aliphatic carbocycles. The fraction of sp³-hybridized carbons (Fsp3) is 0.714. The Hall–Kier alpha value is -1.14. The van der Waals surface area contributed by atoms with Gasteiger partial charge in [0.1, 0.15) is 6.10 Å². The predicted octanol–water partition coefficient (Wildman–Crippen LogP) is 0.699. The zero-order chi connectivity index (χ0) is 9.84. The van der Waals surface area contributed by atoms with Crippen LogP contribution in [0.4, 0.5) is 6.01 Å². The Bertz CT molecular complexity index is 261. The first-order chi connectivity index (χ1) is 6.19. The van der Waals surface area contributed by atoms with Crippen LogP contribution in [0.25, 0.3) is 0 Å². The highest BCUT2D eigenvalue weighted by Crippen LogP contribution is 2.22. The molecule has 0 fully saturated rings. The summed E-state index contributed by atoms with van der Waals surface area (Å²) in [6, 6.07) is 0.192. The molecule has 0 amide bonds. The number of nitrogens with two attached hydrogens (primary N) is 1. The second kappa shape index (κ2) is 4.20. The molecule has 74 valence electrons.